The predicted octanol–water partition coefficient (Wildman–Crippen LogP) is 3.22. The lowest BCUT2D eigenvalue weighted by atomic mass is 10.1. The second-order valence-corrected chi connectivity index (χ2v) is 4.84. The van der Waals surface area contributed by atoms with Gasteiger partial charge >= 0.3 is 0 Å². The zero-order valence-electron chi connectivity index (χ0n) is 10.8. The molecule has 0 amide bonds. The van der Waals surface area contributed by atoms with Crippen molar-refractivity contribution in [2.75, 3.05) is 18.5 Å². The maximum Gasteiger partial charge on any atom is 0.0781 e. The van der Waals surface area contributed by atoms with Crippen LogP contribution in [0.25, 0.3) is 0 Å². The van der Waals surface area contributed by atoms with Gasteiger partial charge in [0.15, 0.2) is 0 Å². The molecule has 0 aliphatic heterocycles. The number of anilines is 1. The van der Waals surface area contributed by atoms with E-state index in [1.807, 2.05) is 25.1 Å². The van der Waals surface area contributed by atoms with Crippen LogP contribution in [0.5, 0.6) is 0 Å². The van der Waals surface area contributed by atoms with Gasteiger partial charge in [-0.05, 0) is 25.3 Å². The summed E-state index contributed by atoms with van der Waals surface area (Å²) in [7, 11) is 2.09. The summed E-state index contributed by atoms with van der Waals surface area (Å²) < 4.78 is 0. The van der Waals surface area contributed by atoms with E-state index in [0.717, 1.165) is 17.8 Å². The first-order valence-corrected chi connectivity index (χ1v) is 6.00. The van der Waals surface area contributed by atoms with Crippen molar-refractivity contribution in [3.05, 3.63) is 29.8 Å². The molecule has 0 heterocycles. The van der Waals surface area contributed by atoms with Crippen LogP contribution in [0.15, 0.2) is 24.3 Å². The fourth-order valence-corrected chi connectivity index (χ4v) is 1.76. The third-order valence-electron chi connectivity index (χ3n) is 2.84. The molecule has 0 radical (unpaired) electrons. The molecule has 1 rings (SSSR count). The lowest BCUT2D eigenvalue weighted by Gasteiger charge is -2.24. The van der Waals surface area contributed by atoms with Gasteiger partial charge in [-0.1, -0.05) is 32.0 Å². The fraction of sp³-hybridized carbons (Fsp3) is 0.571. The lowest BCUT2D eigenvalue weighted by Crippen LogP contribution is -2.21. The Bertz CT molecular complexity index is 320. The van der Waals surface area contributed by atoms with Crippen LogP contribution in [0, 0.1) is 5.92 Å². The Hall–Kier alpha value is -1.02. The normalized spacial score (nSPS) is 12.9. The largest absolute Gasteiger partial charge is 0.389 e. The molecule has 2 nitrogen and oxygen atoms in total. The van der Waals surface area contributed by atoms with Crippen molar-refractivity contribution >= 4 is 5.69 Å². The predicted molar refractivity (Wildman–Crippen MR) is 69.8 cm³/mol. The average Bonchev–Trinajstić information content (AvgIpc) is 2.25. The highest BCUT2D eigenvalue weighted by molar-refractivity contribution is 5.53. The first-order chi connectivity index (χ1) is 7.52. The van der Waals surface area contributed by atoms with Gasteiger partial charge in [0.05, 0.1) is 6.10 Å². The van der Waals surface area contributed by atoms with Crippen LogP contribution in [-0.4, -0.2) is 18.7 Å². The molecular weight excluding hydrogens is 198 g/mol. The van der Waals surface area contributed by atoms with Gasteiger partial charge in [0.1, 0.15) is 0 Å². The molecular formula is C14H23NO. The number of aliphatic hydroxyl groups is 1. The quantitative estimate of drug-likeness (QED) is 0.825. The van der Waals surface area contributed by atoms with Crippen molar-refractivity contribution in [1.29, 1.82) is 0 Å². The van der Waals surface area contributed by atoms with E-state index in [2.05, 4.69) is 31.9 Å². The highest BCUT2D eigenvalue weighted by atomic mass is 16.3. The molecule has 16 heavy (non-hydrogen) atoms. The Balaban J connectivity index is 2.77. The third-order valence-corrected chi connectivity index (χ3v) is 2.84. The van der Waals surface area contributed by atoms with Crippen molar-refractivity contribution in [3.63, 3.8) is 0 Å². The molecule has 90 valence electrons. The molecule has 0 aliphatic carbocycles. The van der Waals surface area contributed by atoms with Crippen LogP contribution < -0.4 is 4.90 Å². The molecule has 0 unspecified atom stereocenters. The Labute approximate surface area is 98.9 Å². The number of hydrogen-bond donors (Lipinski definition) is 1. The van der Waals surface area contributed by atoms with Crippen LogP contribution in [0.1, 0.15) is 38.9 Å². The summed E-state index contributed by atoms with van der Waals surface area (Å²) in [6.45, 7) is 7.30. The second-order valence-electron chi connectivity index (χ2n) is 4.84. The smallest absolute Gasteiger partial charge is 0.0781 e. The van der Waals surface area contributed by atoms with Crippen molar-refractivity contribution in [3.8, 4) is 0 Å². The van der Waals surface area contributed by atoms with E-state index in [1.54, 1.807) is 0 Å². The summed E-state index contributed by atoms with van der Waals surface area (Å²) in [6.07, 6.45) is 0.766. The number of rotatable bonds is 5. The van der Waals surface area contributed by atoms with E-state index in [1.165, 1.54) is 6.42 Å². The molecule has 0 spiro atoms. The first-order valence-electron chi connectivity index (χ1n) is 6.00. The number of nitrogens with zero attached hydrogens (tertiary/aromatic N) is 1. The van der Waals surface area contributed by atoms with Crippen LogP contribution in [0.4, 0.5) is 5.69 Å². The van der Waals surface area contributed by atoms with E-state index in [0.29, 0.717) is 5.92 Å². The molecule has 1 atom stereocenters. The number of aliphatic hydroxyl groups excluding tert-OH is 1. The summed E-state index contributed by atoms with van der Waals surface area (Å²) in [5.74, 6) is 0.709. The maximum absolute atomic E-state index is 9.70. The molecule has 1 aromatic carbocycles. The molecule has 0 saturated carbocycles. The lowest BCUT2D eigenvalue weighted by molar-refractivity contribution is 0.199. The molecule has 0 saturated heterocycles. The topological polar surface area (TPSA) is 23.5 Å². The molecule has 0 bridgehead atoms. The van der Waals surface area contributed by atoms with E-state index in [9.17, 15) is 5.11 Å². The Kier molecular flexibility index (Phi) is 4.81. The van der Waals surface area contributed by atoms with Crippen LogP contribution >= 0.6 is 0 Å². The highest BCUT2D eigenvalue weighted by Crippen LogP contribution is 2.25. The molecule has 0 aliphatic rings. The van der Waals surface area contributed by atoms with Crippen LogP contribution in [0.2, 0.25) is 0 Å². The zero-order chi connectivity index (χ0) is 12.1. The number of para-hydroxylation sites is 1. The van der Waals surface area contributed by atoms with Gasteiger partial charge in [-0.15, -0.1) is 0 Å². The maximum atomic E-state index is 9.70. The van der Waals surface area contributed by atoms with Crippen molar-refractivity contribution in [2.45, 2.75) is 33.3 Å². The van der Waals surface area contributed by atoms with E-state index >= 15 is 0 Å². The summed E-state index contributed by atoms with van der Waals surface area (Å²) in [4.78, 5) is 2.22. The molecule has 1 aromatic rings. The monoisotopic (exact) mass is 221 g/mol. The molecule has 1 N–H and O–H groups in total. The number of benzene rings is 1. The van der Waals surface area contributed by atoms with E-state index < -0.39 is 6.10 Å². The minimum atomic E-state index is -0.405. The van der Waals surface area contributed by atoms with Crippen molar-refractivity contribution in [2.24, 2.45) is 5.92 Å². The summed E-state index contributed by atoms with van der Waals surface area (Å²) >= 11 is 0. The second kappa shape index (κ2) is 5.90. The SMILES string of the molecule is CC(C)CCN(C)c1ccccc1[C@@H](C)O. The van der Waals surface area contributed by atoms with Gasteiger partial charge in [-0.25, -0.2) is 0 Å². The van der Waals surface area contributed by atoms with Gasteiger partial charge in [0.25, 0.3) is 0 Å². The molecule has 0 aromatic heterocycles. The molecule has 0 fully saturated rings. The molecule has 2 heteroatoms. The van der Waals surface area contributed by atoms with E-state index in [-0.39, 0.29) is 0 Å². The van der Waals surface area contributed by atoms with Crippen LogP contribution in [0.3, 0.4) is 0 Å². The van der Waals surface area contributed by atoms with Gasteiger partial charge in [-0.2, -0.15) is 0 Å². The first kappa shape index (κ1) is 13.0. The Morgan fingerprint density at radius 2 is 1.81 bits per heavy atom. The standard InChI is InChI=1S/C14H23NO/c1-11(2)9-10-15(4)14-8-6-5-7-13(14)12(3)16/h5-8,11-12,16H,9-10H2,1-4H3/t12-/m1/s1. The van der Waals surface area contributed by atoms with Gasteiger partial charge in [0, 0.05) is 24.8 Å². The zero-order valence-corrected chi connectivity index (χ0v) is 10.8. The van der Waals surface area contributed by atoms with Crippen LogP contribution in [-0.2, 0) is 0 Å². The number of hydrogen-bond acceptors (Lipinski definition) is 2. The van der Waals surface area contributed by atoms with Crippen molar-refractivity contribution < 1.29 is 5.11 Å². The average molecular weight is 221 g/mol. The van der Waals surface area contributed by atoms with Gasteiger partial charge in [0.2, 0.25) is 0 Å². The minimum absolute atomic E-state index is 0.405. The highest BCUT2D eigenvalue weighted by Gasteiger charge is 2.10. The summed E-state index contributed by atoms with van der Waals surface area (Å²) in [5.41, 5.74) is 2.15. The van der Waals surface area contributed by atoms with Gasteiger partial charge in [-0.3, -0.25) is 0 Å². The van der Waals surface area contributed by atoms with Gasteiger partial charge < -0.3 is 10.0 Å². The minimum Gasteiger partial charge on any atom is -0.389 e. The van der Waals surface area contributed by atoms with Crippen molar-refractivity contribution in [1.82, 2.24) is 0 Å². The van der Waals surface area contributed by atoms with E-state index in [4.69, 9.17) is 0 Å². The fourth-order valence-electron chi connectivity index (χ4n) is 1.76. The summed E-state index contributed by atoms with van der Waals surface area (Å²) in [6, 6.07) is 8.06. The Morgan fingerprint density at radius 3 is 2.38 bits per heavy atom. The summed E-state index contributed by atoms with van der Waals surface area (Å²) in [5, 5.41) is 9.70. The Morgan fingerprint density at radius 1 is 1.19 bits per heavy atom. The third kappa shape index (κ3) is 3.53.